The summed E-state index contributed by atoms with van der Waals surface area (Å²) in [6.45, 7) is 10.8. The van der Waals surface area contributed by atoms with Crippen LogP contribution in [0.1, 0.15) is 26.6 Å². The molecule has 1 aromatic rings. The zero-order valence-corrected chi connectivity index (χ0v) is 11.6. The second kappa shape index (κ2) is 5.52. The molecule has 0 amide bonds. The van der Waals surface area contributed by atoms with Gasteiger partial charge in [0, 0.05) is 25.7 Å². The third-order valence-corrected chi connectivity index (χ3v) is 2.93. The Balaban J connectivity index is 2.21. The maximum Gasteiger partial charge on any atom is 0.134 e. The summed E-state index contributed by atoms with van der Waals surface area (Å²) >= 11 is 0. The van der Waals surface area contributed by atoms with E-state index in [9.17, 15) is 0 Å². The highest BCUT2D eigenvalue weighted by Gasteiger charge is 2.23. The molecule has 0 saturated carbocycles. The van der Waals surface area contributed by atoms with Gasteiger partial charge in [-0.1, -0.05) is 0 Å². The number of aromatic nitrogens is 2. The molecular formula is C13H22N4O. The lowest BCUT2D eigenvalue weighted by atomic mass is 10.2. The van der Waals surface area contributed by atoms with E-state index in [1.54, 1.807) is 0 Å². The standard InChI is InChI=1S/C13H22N4O/c1-5-14-12-6-13(16-11(4)15-12)17-7-9(2)18-10(3)8-17/h6,9-10H,5,7-8H2,1-4H3,(H,14,15,16). The number of ether oxygens (including phenoxy) is 1. The monoisotopic (exact) mass is 250 g/mol. The van der Waals surface area contributed by atoms with Crippen LogP contribution in [0.2, 0.25) is 0 Å². The lowest BCUT2D eigenvalue weighted by Crippen LogP contribution is -2.46. The van der Waals surface area contributed by atoms with E-state index in [1.165, 1.54) is 0 Å². The fourth-order valence-corrected chi connectivity index (χ4v) is 2.35. The fraction of sp³-hybridized carbons (Fsp3) is 0.692. The van der Waals surface area contributed by atoms with Crippen LogP contribution in [0.4, 0.5) is 11.6 Å². The highest BCUT2D eigenvalue weighted by Crippen LogP contribution is 2.20. The van der Waals surface area contributed by atoms with Gasteiger partial charge in [0.1, 0.15) is 17.5 Å². The van der Waals surface area contributed by atoms with Gasteiger partial charge in [0.25, 0.3) is 0 Å². The van der Waals surface area contributed by atoms with E-state index < -0.39 is 0 Å². The molecule has 1 aliphatic rings. The number of nitrogens with one attached hydrogen (secondary N) is 1. The van der Waals surface area contributed by atoms with Crippen LogP contribution >= 0.6 is 0 Å². The first kappa shape index (κ1) is 13.1. The highest BCUT2D eigenvalue weighted by molar-refractivity contribution is 5.49. The summed E-state index contributed by atoms with van der Waals surface area (Å²) in [5.41, 5.74) is 0. The molecule has 0 aliphatic carbocycles. The molecule has 2 rings (SSSR count). The van der Waals surface area contributed by atoms with Crippen LogP contribution < -0.4 is 10.2 Å². The number of aryl methyl sites for hydroxylation is 1. The van der Waals surface area contributed by atoms with Crippen molar-refractivity contribution in [2.75, 3.05) is 29.9 Å². The Bertz CT molecular complexity index is 400. The van der Waals surface area contributed by atoms with Crippen LogP contribution in [-0.4, -0.2) is 41.8 Å². The first-order chi connectivity index (χ1) is 8.58. The number of rotatable bonds is 3. The summed E-state index contributed by atoms with van der Waals surface area (Å²) < 4.78 is 5.75. The SMILES string of the molecule is CCNc1cc(N2CC(C)OC(C)C2)nc(C)n1. The molecule has 1 N–H and O–H groups in total. The third-order valence-electron chi connectivity index (χ3n) is 2.93. The van der Waals surface area contributed by atoms with Gasteiger partial charge in [-0.2, -0.15) is 0 Å². The van der Waals surface area contributed by atoms with Crippen molar-refractivity contribution in [3.8, 4) is 0 Å². The minimum Gasteiger partial charge on any atom is -0.372 e. The van der Waals surface area contributed by atoms with E-state index in [0.29, 0.717) is 0 Å². The van der Waals surface area contributed by atoms with Crippen LogP contribution in [0.15, 0.2) is 6.07 Å². The average Bonchev–Trinajstić information content (AvgIpc) is 2.27. The molecule has 2 heterocycles. The quantitative estimate of drug-likeness (QED) is 0.887. The minimum absolute atomic E-state index is 0.242. The number of nitrogens with zero attached hydrogens (tertiary/aromatic N) is 3. The summed E-state index contributed by atoms with van der Waals surface area (Å²) in [7, 11) is 0. The molecule has 5 nitrogen and oxygen atoms in total. The number of anilines is 2. The zero-order chi connectivity index (χ0) is 13.1. The molecule has 2 atom stereocenters. The normalized spacial score (nSPS) is 24.1. The molecule has 0 radical (unpaired) electrons. The lowest BCUT2D eigenvalue weighted by Gasteiger charge is -2.36. The molecule has 0 aromatic carbocycles. The second-order valence-electron chi connectivity index (χ2n) is 4.85. The predicted octanol–water partition coefficient (Wildman–Crippen LogP) is 1.83. The van der Waals surface area contributed by atoms with Crippen molar-refractivity contribution in [3.05, 3.63) is 11.9 Å². The maximum absolute atomic E-state index is 5.75. The Morgan fingerprint density at radius 1 is 1.33 bits per heavy atom. The Labute approximate surface area is 109 Å². The smallest absolute Gasteiger partial charge is 0.134 e. The molecule has 0 bridgehead atoms. The van der Waals surface area contributed by atoms with Crippen molar-refractivity contribution in [2.45, 2.75) is 39.9 Å². The highest BCUT2D eigenvalue weighted by atomic mass is 16.5. The summed E-state index contributed by atoms with van der Waals surface area (Å²) in [6.07, 6.45) is 0.484. The minimum atomic E-state index is 0.242. The van der Waals surface area contributed by atoms with Gasteiger partial charge in [0.15, 0.2) is 0 Å². The summed E-state index contributed by atoms with van der Waals surface area (Å²) in [4.78, 5) is 11.2. The summed E-state index contributed by atoms with van der Waals surface area (Å²) in [5, 5.41) is 3.24. The van der Waals surface area contributed by atoms with E-state index in [1.807, 2.05) is 13.0 Å². The van der Waals surface area contributed by atoms with Gasteiger partial charge in [-0.3, -0.25) is 0 Å². The predicted molar refractivity (Wildman–Crippen MR) is 73.2 cm³/mol. The Hall–Kier alpha value is -1.36. The van der Waals surface area contributed by atoms with Gasteiger partial charge < -0.3 is 15.0 Å². The fourth-order valence-electron chi connectivity index (χ4n) is 2.35. The number of morpholine rings is 1. The first-order valence-electron chi connectivity index (χ1n) is 6.58. The Morgan fingerprint density at radius 2 is 2.00 bits per heavy atom. The van der Waals surface area contributed by atoms with Crippen molar-refractivity contribution >= 4 is 11.6 Å². The van der Waals surface area contributed by atoms with Gasteiger partial charge in [-0.25, -0.2) is 9.97 Å². The summed E-state index contributed by atoms with van der Waals surface area (Å²) in [5.74, 6) is 2.68. The molecule has 0 spiro atoms. The first-order valence-corrected chi connectivity index (χ1v) is 6.58. The van der Waals surface area contributed by atoms with Crippen LogP contribution in [0.3, 0.4) is 0 Å². The van der Waals surface area contributed by atoms with Crippen molar-refractivity contribution in [1.82, 2.24) is 9.97 Å². The lowest BCUT2D eigenvalue weighted by molar-refractivity contribution is -0.00547. The van der Waals surface area contributed by atoms with E-state index in [2.05, 4.69) is 41.0 Å². The molecule has 1 saturated heterocycles. The number of hydrogen-bond donors (Lipinski definition) is 1. The molecule has 100 valence electrons. The van der Waals surface area contributed by atoms with Gasteiger partial charge in [0.2, 0.25) is 0 Å². The van der Waals surface area contributed by atoms with Crippen molar-refractivity contribution in [3.63, 3.8) is 0 Å². The van der Waals surface area contributed by atoms with Gasteiger partial charge in [-0.05, 0) is 27.7 Å². The van der Waals surface area contributed by atoms with Crippen LogP contribution in [-0.2, 0) is 4.74 Å². The topological polar surface area (TPSA) is 50.3 Å². The van der Waals surface area contributed by atoms with Crippen molar-refractivity contribution < 1.29 is 4.74 Å². The molecule has 1 aliphatic heterocycles. The van der Waals surface area contributed by atoms with Gasteiger partial charge in [0.05, 0.1) is 12.2 Å². The Morgan fingerprint density at radius 3 is 2.61 bits per heavy atom. The van der Waals surface area contributed by atoms with Crippen LogP contribution in [0, 0.1) is 6.92 Å². The van der Waals surface area contributed by atoms with E-state index in [4.69, 9.17) is 4.74 Å². The summed E-state index contributed by atoms with van der Waals surface area (Å²) in [6, 6.07) is 2.02. The van der Waals surface area contributed by atoms with Crippen molar-refractivity contribution in [2.24, 2.45) is 0 Å². The largest absolute Gasteiger partial charge is 0.372 e. The average molecular weight is 250 g/mol. The molecule has 1 fully saturated rings. The van der Waals surface area contributed by atoms with Gasteiger partial charge in [-0.15, -0.1) is 0 Å². The molecule has 1 aromatic heterocycles. The Kier molecular flexibility index (Phi) is 4.01. The third kappa shape index (κ3) is 3.10. The van der Waals surface area contributed by atoms with E-state index in [0.717, 1.165) is 37.1 Å². The van der Waals surface area contributed by atoms with Gasteiger partial charge >= 0.3 is 0 Å². The molecule has 5 heteroatoms. The van der Waals surface area contributed by atoms with E-state index >= 15 is 0 Å². The van der Waals surface area contributed by atoms with Crippen LogP contribution in [0.25, 0.3) is 0 Å². The molecular weight excluding hydrogens is 228 g/mol. The number of hydrogen-bond acceptors (Lipinski definition) is 5. The maximum atomic E-state index is 5.75. The second-order valence-corrected chi connectivity index (χ2v) is 4.85. The van der Waals surface area contributed by atoms with Crippen molar-refractivity contribution in [1.29, 1.82) is 0 Å². The zero-order valence-electron chi connectivity index (χ0n) is 11.6. The molecule has 18 heavy (non-hydrogen) atoms. The molecule has 2 unspecified atom stereocenters. The van der Waals surface area contributed by atoms with Crippen LogP contribution in [0.5, 0.6) is 0 Å². The van der Waals surface area contributed by atoms with E-state index in [-0.39, 0.29) is 12.2 Å².